The van der Waals surface area contributed by atoms with Crippen LogP contribution in [0.15, 0.2) is 18.5 Å². The van der Waals surface area contributed by atoms with Gasteiger partial charge in [0, 0.05) is 38.4 Å². The number of hydrogen-bond acceptors (Lipinski definition) is 5. The summed E-state index contributed by atoms with van der Waals surface area (Å²) in [4.78, 5) is 23.4. The Bertz CT molecular complexity index is 619. The van der Waals surface area contributed by atoms with Crippen molar-refractivity contribution in [2.45, 2.75) is 57.5 Å². The third-order valence-electron chi connectivity index (χ3n) is 6.93. The van der Waals surface area contributed by atoms with E-state index in [9.17, 15) is 9.90 Å². The van der Waals surface area contributed by atoms with E-state index in [0.29, 0.717) is 24.2 Å². The lowest BCUT2D eigenvalue weighted by Gasteiger charge is -2.59. The molecule has 6 nitrogen and oxygen atoms in total. The molecule has 1 amide bonds. The topological polar surface area (TPSA) is 78.4 Å². The van der Waals surface area contributed by atoms with Gasteiger partial charge in [-0.1, -0.05) is 12.8 Å². The van der Waals surface area contributed by atoms with Crippen LogP contribution in [0.2, 0.25) is 0 Å². The van der Waals surface area contributed by atoms with Crippen molar-refractivity contribution in [2.24, 2.45) is 17.3 Å². The molecule has 0 radical (unpaired) electrons. The summed E-state index contributed by atoms with van der Waals surface area (Å²) in [6.45, 7) is 2.50. The van der Waals surface area contributed by atoms with Crippen LogP contribution in [0.25, 0.3) is 0 Å². The van der Waals surface area contributed by atoms with Crippen molar-refractivity contribution in [3.05, 3.63) is 18.5 Å². The number of aliphatic hydroxyl groups excluding tert-OH is 1. The number of aromatic nitrogens is 2. The molecule has 1 saturated heterocycles. The zero-order valence-electron chi connectivity index (χ0n) is 15.4. The van der Waals surface area contributed by atoms with Crippen molar-refractivity contribution >= 4 is 11.9 Å². The number of nitrogens with one attached hydrogen (secondary N) is 1. The van der Waals surface area contributed by atoms with E-state index < -0.39 is 0 Å². The molecule has 4 rings (SSSR count). The van der Waals surface area contributed by atoms with E-state index in [-0.39, 0.29) is 17.4 Å². The highest BCUT2D eigenvalue weighted by Gasteiger charge is 2.57. The maximum atomic E-state index is 12.9. The number of nitrogens with zero attached hydrogens (tertiary/aromatic N) is 3. The van der Waals surface area contributed by atoms with Crippen LogP contribution in [0.1, 0.15) is 51.4 Å². The smallest absolute Gasteiger partial charge is 0.222 e. The molecule has 26 heavy (non-hydrogen) atoms. The predicted octanol–water partition coefficient (Wildman–Crippen LogP) is 2.46. The molecule has 3 aliphatic rings. The van der Waals surface area contributed by atoms with Gasteiger partial charge in [-0.05, 0) is 55.4 Å². The number of aliphatic hydroxyl groups is 1. The van der Waals surface area contributed by atoms with Crippen molar-refractivity contribution in [1.29, 1.82) is 0 Å². The normalized spacial score (nSPS) is 30.2. The van der Waals surface area contributed by atoms with Crippen molar-refractivity contribution in [1.82, 2.24) is 14.9 Å². The standard InChI is InChI=1S/C20H30N4O2/c25-17-11-16(20(17)6-3-7-20)12-18(26)24-10-2-1-5-15(14-24)13-23-19-21-8-4-9-22-19/h4,8-9,15-17,25H,1-3,5-7,10-14H2,(H,21,22,23). The van der Waals surface area contributed by atoms with Crippen molar-refractivity contribution in [2.75, 3.05) is 25.0 Å². The van der Waals surface area contributed by atoms with Crippen LogP contribution in [0.4, 0.5) is 5.95 Å². The number of hydrogen-bond donors (Lipinski definition) is 2. The first-order valence-electron chi connectivity index (χ1n) is 10.1. The Morgan fingerprint density at radius 3 is 2.77 bits per heavy atom. The number of rotatable bonds is 5. The molecule has 2 aliphatic carbocycles. The molecule has 6 heteroatoms. The summed E-state index contributed by atoms with van der Waals surface area (Å²) >= 11 is 0. The predicted molar refractivity (Wildman–Crippen MR) is 99.5 cm³/mol. The highest BCUT2D eigenvalue weighted by atomic mass is 16.3. The summed E-state index contributed by atoms with van der Waals surface area (Å²) in [5.74, 6) is 1.78. The third-order valence-corrected chi connectivity index (χ3v) is 6.93. The Morgan fingerprint density at radius 1 is 1.27 bits per heavy atom. The maximum Gasteiger partial charge on any atom is 0.222 e. The van der Waals surface area contributed by atoms with E-state index in [2.05, 4.69) is 20.2 Å². The maximum absolute atomic E-state index is 12.9. The molecule has 142 valence electrons. The van der Waals surface area contributed by atoms with Gasteiger partial charge >= 0.3 is 0 Å². The number of carbonyl (C=O) groups excluding carboxylic acids is 1. The molecule has 3 fully saturated rings. The van der Waals surface area contributed by atoms with Crippen LogP contribution in [-0.2, 0) is 4.79 Å². The molecular formula is C20H30N4O2. The molecule has 0 bridgehead atoms. The molecule has 3 atom stereocenters. The summed E-state index contributed by atoms with van der Waals surface area (Å²) in [7, 11) is 0. The first-order valence-corrected chi connectivity index (χ1v) is 10.1. The molecule has 1 spiro atoms. The number of likely N-dealkylation sites (tertiary alicyclic amines) is 1. The molecular weight excluding hydrogens is 328 g/mol. The second-order valence-corrected chi connectivity index (χ2v) is 8.39. The fourth-order valence-electron chi connectivity index (χ4n) is 5.05. The molecule has 1 aromatic heterocycles. The molecule has 2 heterocycles. The minimum atomic E-state index is -0.166. The molecule has 0 aromatic carbocycles. The Balaban J connectivity index is 1.30. The molecule has 1 aromatic rings. The summed E-state index contributed by atoms with van der Waals surface area (Å²) < 4.78 is 0. The largest absolute Gasteiger partial charge is 0.393 e. The second kappa shape index (κ2) is 7.51. The summed E-state index contributed by atoms with van der Waals surface area (Å²) in [6.07, 6.45) is 11.6. The Labute approximate surface area is 155 Å². The van der Waals surface area contributed by atoms with E-state index in [1.807, 2.05) is 6.07 Å². The van der Waals surface area contributed by atoms with E-state index in [0.717, 1.165) is 58.2 Å². The first-order chi connectivity index (χ1) is 12.7. The summed E-state index contributed by atoms with van der Waals surface area (Å²) in [5.41, 5.74) is 0.0904. The molecule has 1 aliphatic heterocycles. The van der Waals surface area contributed by atoms with Crippen molar-refractivity contribution in [3.8, 4) is 0 Å². The zero-order valence-corrected chi connectivity index (χ0v) is 15.4. The van der Waals surface area contributed by atoms with Crippen LogP contribution in [0.5, 0.6) is 0 Å². The zero-order chi connectivity index (χ0) is 18.0. The number of carbonyl (C=O) groups is 1. The Morgan fingerprint density at radius 2 is 2.08 bits per heavy atom. The van der Waals surface area contributed by atoms with Gasteiger partial charge in [-0.2, -0.15) is 0 Å². The quantitative estimate of drug-likeness (QED) is 0.845. The highest BCUT2D eigenvalue weighted by Crippen LogP contribution is 2.61. The monoisotopic (exact) mass is 358 g/mol. The summed E-state index contributed by atoms with van der Waals surface area (Å²) in [5, 5.41) is 13.4. The van der Waals surface area contributed by atoms with E-state index >= 15 is 0 Å². The van der Waals surface area contributed by atoms with E-state index in [4.69, 9.17) is 0 Å². The Kier molecular flexibility index (Phi) is 5.11. The first kappa shape index (κ1) is 17.7. The average Bonchev–Trinajstić information content (AvgIpc) is 2.84. The van der Waals surface area contributed by atoms with Gasteiger partial charge in [-0.15, -0.1) is 0 Å². The number of anilines is 1. The van der Waals surface area contributed by atoms with Crippen LogP contribution >= 0.6 is 0 Å². The molecule has 2 saturated carbocycles. The molecule has 2 N–H and O–H groups in total. The van der Waals surface area contributed by atoms with E-state index in [1.54, 1.807) is 12.4 Å². The minimum Gasteiger partial charge on any atom is -0.393 e. The Hall–Kier alpha value is -1.69. The lowest BCUT2D eigenvalue weighted by Crippen LogP contribution is -2.58. The highest BCUT2D eigenvalue weighted by molar-refractivity contribution is 5.76. The fourth-order valence-corrected chi connectivity index (χ4v) is 5.05. The SMILES string of the molecule is O=C(CC1CC(O)C12CCC2)N1CCCCC(CNc2ncccn2)C1. The lowest BCUT2D eigenvalue weighted by molar-refractivity contribution is -0.178. The average molecular weight is 358 g/mol. The second-order valence-electron chi connectivity index (χ2n) is 8.39. The van der Waals surface area contributed by atoms with Gasteiger partial charge in [0.25, 0.3) is 0 Å². The van der Waals surface area contributed by atoms with Gasteiger partial charge < -0.3 is 15.3 Å². The van der Waals surface area contributed by atoms with Crippen molar-refractivity contribution in [3.63, 3.8) is 0 Å². The van der Waals surface area contributed by atoms with Crippen LogP contribution in [0.3, 0.4) is 0 Å². The van der Waals surface area contributed by atoms with Crippen molar-refractivity contribution < 1.29 is 9.90 Å². The minimum absolute atomic E-state index is 0.0904. The van der Waals surface area contributed by atoms with Gasteiger partial charge in [0.2, 0.25) is 11.9 Å². The number of amides is 1. The van der Waals surface area contributed by atoms with Crippen LogP contribution < -0.4 is 5.32 Å². The van der Waals surface area contributed by atoms with E-state index in [1.165, 1.54) is 6.42 Å². The van der Waals surface area contributed by atoms with Gasteiger partial charge in [0.1, 0.15) is 0 Å². The van der Waals surface area contributed by atoms with Gasteiger partial charge in [-0.25, -0.2) is 9.97 Å². The third kappa shape index (κ3) is 3.43. The van der Waals surface area contributed by atoms with Crippen LogP contribution in [0, 0.1) is 17.3 Å². The lowest BCUT2D eigenvalue weighted by atomic mass is 9.47. The fraction of sp³-hybridized carbons (Fsp3) is 0.750. The van der Waals surface area contributed by atoms with Gasteiger partial charge in [0.15, 0.2) is 0 Å². The van der Waals surface area contributed by atoms with Gasteiger partial charge in [0.05, 0.1) is 6.10 Å². The summed E-state index contributed by atoms with van der Waals surface area (Å²) in [6, 6.07) is 1.81. The molecule has 3 unspecified atom stereocenters. The van der Waals surface area contributed by atoms with Crippen LogP contribution in [-0.4, -0.2) is 51.6 Å². The van der Waals surface area contributed by atoms with Gasteiger partial charge in [-0.3, -0.25) is 4.79 Å².